The van der Waals surface area contributed by atoms with Crippen molar-refractivity contribution < 1.29 is 13.2 Å². The zero-order chi connectivity index (χ0) is 20.2. The Kier molecular flexibility index (Phi) is 4.15. The van der Waals surface area contributed by atoms with E-state index in [1.807, 2.05) is 18.2 Å². The number of pyridine rings is 2. The highest BCUT2D eigenvalue weighted by Gasteiger charge is 2.31. The third kappa shape index (κ3) is 2.99. The van der Waals surface area contributed by atoms with Crippen LogP contribution in [0.1, 0.15) is 23.7 Å². The molecule has 0 atom stereocenters. The van der Waals surface area contributed by atoms with Gasteiger partial charge in [-0.25, -0.2) is 18.4 Å². The Labute approximate surface area is 169 Å². The summed E-state index contributed by atoms with van der Waals surface area (Å²) in [6.45, 7) is 2.81. The number of carbonyl (C=O) groups excluding carboxylic acids is 1. The number of carbonyl (C=O) groups is 1. The van der Waals surface area contributed by atoms with Crippen molar-refractivity contribution in [1.29, 1.82) is 0 Å². The largest absolute Gasteiger partial charge is 0.312 e. The summed E-state index contributed by atoms with van der Waals surface area (Å²) in [5.74, 6) is -0.0267. The zero-order valence-corrected chi connectivity index (χ0v) is 16.8. The summed E-state index contributed by atoms with van der Waals surface area (Å²) in [5.41, 5.74) is 4.23. The van der Waals surface area contributed by atoms with Crippen LogP contribution in [0.25, 0.3) is 11.0 Å². The first kappa shape index (κ1) is 18.2. The highest BCUT2D eigenvalue weighted by Crippen LogP contribution is 2.32. The molecular weight excluding hydrogens is 388 g/mol. The van der Waals surface area contributed by atoms with Crippen molar-refractivity contribution in [2.24, 2.45) is 0 Å². The Morgan fingerprint density at radius 3 is 2.76 bits per heavy atom. The normalized spacial score (nSPS) is 16.7. The van der Waals surface area contributed by atoms with Crippen LogP contribution in [-0.4, -0.2) is 41.7 Å². The van der Waals surface area contributed by atoms with Crippen molar-refractivity contribution in [2.75, 3.05) is 18.0 Å². The summed E-state index contributed by atoms with van der Waals surface area (Å²) >= 11 is 0. The summed E-state index contributed by atoms with van der Waals surface area (Å²) in [7, 11) is -3.63. The second kappa shape index (κ2) is 6.60. The lowest BCUT2D eigenvalue weighted by Gasteiger charge is -2.28. The van der Waals surface area contributed by atoms with Crippen LogP contribution in [0.15, 0.2) is 47.5 Å². The molecule has 5 rings (SSSR count). The molecule has 0 N–H and O–H groups in total. The van der Waals surface area contributed by atoms with Crippen molar-refractivity contribution in [3.05, 3.63) is 59.4 Å². The Balaban J connectivity index is 1.47. The lowest BCUT2D eigenvalue weighted by Crippen LogP contribution is -2.36. The molecule has 2 aliphatic heterocycles. The number of sulfonamides is 1. The molecule has 4 heterocycles. The number of amides is 1. The summed E-state index contributed by atoms with van der Waals surface area (Å²) in [5, 5.41) is 0.910. The Bertz CT molecular complexity index is 1260. The van der Waals surface area contributed by atoms with Crippen LogP contribution < -0.4 is 4.90 Å². The van der Waals surface area contributed by atoms with E-state index in [0.717, 1.165) is 27.9 Å². The van der Waals surface area contributed by atoms with Gasteiger partial charge in [0.15, 0.2) is 5.65 Å². The molecule has 2 aliphatic rings. The van der Waals surface area contributed by atoms with Gasteiger partial charge in [0.1, 0.15) is 0 Å². The predicted molar refractivity (Wildman–Crippen MR) is 109 cm³/mol. The van der Waals surface area contributed by atoms with Gasteiger partial charge in [0.05, 0.1) is 4.90 Å². The fourth-order valence-corrected chi connectivity index (χ4v) is 5.63. The number of anilines is 1. The number of hydrogen-bond donors (Lipinski definition) is 0. The SMILES string of the molecule is CC(=O)N1CCc2cc(S(=O)(=O)N3CCc4nc5ncccc5cc4C3)ccc21. The van der Waals surface area contributed by atoms with Gasteiger partial charge >= 0.3 is 0 Å². The zero-order valence-electron chi connectivity index (χ0n) is 16.0. The number of rotatable bonds is 2. The molecule has 1 aromatic carbocycles. The van der Waals surface area contributed by atoms with E-state index >= 15 is 0 Å². The van der Waals surface area contributed by atoms with Crippen LogP contribution in [-0.2, 0) is 34.2 Å². The van der Waals surface area contributed by atoms with Gasteiger partial charge in [0, 0.05) is 55.9 Å². The van der Waals surface area contributed by atoms with Crippen molar-refractivity contribution >= 4 is 32.7 Å². The molecule has 7 nitrogen and oxygen atoms in total. The van der Waals surface area contributed by atoms with Gasteiger partial charge in [0.2, 0.25) is 15.9 Å². The number of fused-ring (bicyclic) bond motifs is 3. The third-order valence-corrected chi connectivity index (χ3v) is 7.51. The minimum Gasteiger partial charge on any atom is -0.312 e. The van der Waals surface area contributed by atoms with Gasteiger partial charge in [0.25, 0.3) is 0 Å². The maximum absolute atomic E-state index is 13.3. The van der Waals surface area contributed by atoms with Crippen LogP contribution in [0, 0.1) is 0 Å². The van der Waals surface area contributed by atoms with E-state index in [1.165, 1.54) is 11.2 Å². The van der Waals surface area contributed by atoms with Gasteiger partial charge in [-0.1, -0.05) is 0 Å². The highest BCUT2D eigenvalue weighted by molar-refractivity contribution is 7.89. The standard InChI is InChI=1S/C21H20N4O3S/c1-14(26)25-10-6-15-12-18(4-5-20(15)25)29(27,28)24-9-7-19-17(13-24)11-16-3-2-8-22-21(16)23-19/h2-5,8,11-12H,6-7,9-10,13H2,1H3. The van der Waals surface area contributed by atoms with E-state index in [9.17, 15) is 13.2 Å². The fraction of sp³-hybridized carbons (Fsp3) is 0.286. The molecule has 0 fully saturated rings. The van der Waals surface area contributed by atoms with Crippen LogP contribution >= 0.6 is 0 Å². The molecular formula is C21H20N4O3S. The topological polar surface area (TPSA) is 83.5 Å². The maximum Gasteiger partial charge on any atom is 0.243 e. The Morgan fingerprint density at radius 1 is 1.07 bits per heavy atom. The summed E-state index contributed by atoms with van der Waals surface area (Å²) in [4.78, 5) is 22.6. The summed E-state index contributed by atoms with van der Waals surface area (Å²) < 4.78 is 28.1. The summed E-state index contributed by atoms with van der Waals surface area (Å²) in [6, 6.07) is 10.8. The minimum absolute atomic E-state index is 0.0267. The van der Waals surface area contributed by atoms with Crippen LogP contribution in [0.5, 0.6) is 0 Å². The minimum atomic E-state index is -3.63. The molecule has 0 unspecified atom stereocenters. The van der Waals surface area contributed by atoms with Crippen LogP contribution in [0.3, 0.4) is 0 Å². The lowest BCUT2D eigenvalue weighted by molar-refractivity contribution is -0.116. The molecule has 0 aliphatic carbocycles. The van der Waals surface area contributed by atoms with Gasteiger partial charge in [-0.05, 0) is 53.9 Å². The van der Waals surface area contributed by atoms with Gasteiger partial charge in [-0.2, -0.15) is 4.31 Å². The number of aromatic nitrogens is 2. The highest BCUT2D eigenvalue weighted by atomic mass is 32.2. The number of hydrogen-bond acceptors (Lipinski definition) is 5. The van der Waals surface area contributed by atoms with Gasteiger partial charge in [-0.3, -0.25) is 4.79 Å². The van der Waals surface area contributed by atoms with Crippen LogP contribution in [0.2, 0.25) is 0 Å². The van der Waals surface area contributed by atoms with Gasteiger partial charge in [-0.15, -0.1) is 0 Å². The van der Waals surface area contributed by atoms with E-state index in [1.54, 1.807) is 29.3 Å². The first-order valence-electron chi connectivity index (χ1n) is 9.58. The molecule has 2 aromatic heterocycles. The van der Waals surface area contributed by atoms with Crippen molar-refractivity contribution in [3.8, 4) is 0 Å². The molecule has 0 radical (unpaired) electrons. The average Bonchev–Trinajstić information content (AvgIpc) is 3.15. The average molecular weight is 408 g/mol. The molecule has 0 spiro atoms. The molecule has 0 saturated carbocycles. The monoisotopic (exact) mass is 408 g/mol. The fourth-order valence-electron chi connectivity index (χ4n) is 4.16. The Hall–Kier alpha value is -2.84. The number of benzene rings is 1. The first-order chi connectivity index (χ1) is 13.9. The summed E-state index contributed by atoms with van der Waals surface area (Å²) in [6.07, 6.45) is 2.94. The molecule has 8 heteroatoms. The molecule has 29 heavy (non-hydrogen) atoms. The van der Waals surface area contributed by atoms with E-state index in [-0.39, 0.29) is 10.8 Å². The molecule has 0 saturated heterocycles. The molecule has 1 amide bonds. The van der Waals surface area contributed by atoms with E-state index in [0.29, 0.717) is 38.1 Å². The third-order valence-electron chi connectivity index (χ3n) is 5.67. The van der Waals surface area contributed by atoms with Crippen LogP contribution in [0.4, 0.5) is 5.69 Å². The lowest BCUT2D eigenvalue weighted by atomic mass is 10.1. The van der Waals surface area contributed by atoms with Gasteiger partial charge < -0.3 is 4.90 Å². The quantitative estimate of drug-likeness (QED) is 0.650. The second-order valence-electron chi connectivity index (χ2n) is 7.44. The number of nitrogens with zero attached hydrogens (tertiary/aromatic N) is 4. The van der Waals surface area contributed by atoms with Crippen molar-refractivity contribution in [3.63, 3.8) is 0 Å². The molecule has 3 aromatic rings. The molecule has 148 valence electrons. The van der Waals surface area contributed by atoms with E-state index < -0.39 is 10.0 Å². The Morgan fingerprint density at radius 2 is 1.93 bits per heavy atom. The van der Waals surface area contributed by atoms with Crippen molar-refractivity contribution in [2.45, 2.75) is 31.2 Å². The smallest absolute Gasteiger partial charge is 0.243 e. The maximum atomic E-state index is 13.3. The first-order valence-corrected chi connectivity index (χ1v) is 11.0. The van der Waals surface area contributed by atoms with Crippen molar-refractivity contribution in [1.82, 2.24) is 14.3 Å². The van der Waals surface area contributed by atoms with E-state index in [2.05, 4.69) is 9.97 Å². The molecule has 0 bridgehead atoms. The second-order valence-corrected chi connectivity index (χ2v) is 9.38. The van der Waals surface area contributed by atoms with E-state index in [4.69, 9.17) is 0 Å². The predicted octanol–water partition coefficient (Wildman–Crippen LogP) is 2.29.